The van der Waals surface area contributed by atoms with Crippen LogP contribution in [0.25, 0.3) is 0 Å². The zero-order valence-corrected chi connectivity index (χ0v) is 17.2. The Bertz CT molecular complexity index is 448. The Hall–Kier alpha value is -0.150. The lowest BCUT2D eigenvalue weighted by Gasteiger charge is -2.42. The van der Waals surface area contributed by atoms with E-state index < -0.39 is 6.17 Å². The number of nitrogens with zero attached hydrogens (tertiary/aromatic N) is 1. The second kappa shape index (κ2) is 9.87. The van der Waals surface area contributed by atoms with Gasteiger partial charge in [-0.25, -0.2) is 4.39 Å². The minimum Gasteiger partial charge on any atom is -0.303 e. The molecule has 0 N–H and O–H groups in total. The van der Waals surface area contributed by atoms with E-state index in [2.05, 4.69) is 11.8 Å². The second-order valence-electron chi connectivity index (χ2n) is 9.13. The molecule has 0 aromatic heterocycles. The number of hydrogen-bond donors (Lipinski definition) is 0. The summed E-state index contributed by atoms with van der Waals surface area (Å²) in [6, 6.07) is 0.683. The van der Waals surface area contributed by atoms with Gasteiger partial charge in [-0.1, -0.05) is 26.2 Å². The molecule has 0 aromatic carbocycles. The summed E-state index contributed by atoms with van der Waals surface area (Å²) >= 11 is 6.25. The second-order valence-corrected chi connectivity index (χ2v) is 9.69. The van der Waals surface area contributed by atoms with Gasteiger partial charge in [0.2, 0.25) is 0 Å². The van der Waals surface area contributed by atoms with E-state index in [9.17, 15) is 9.18 Å². The summed E-state index contributed by atoms with van der Waals surface area (Å²) in [6.45, 7) is 4.58. The summed E-state index contributed by atoms with van der Waals surface area (Å²) in [6.07, 6.45) is 12.5. The van der Waals surface area contributed by atoms with Crippen molar-refractivity contribution < 1.29 is 9.18 Å². The van der Waals surface area contributed by atoms with Gasteiger partial charge in [0.05, 0.1) is 5.38 Å². The van der Waals surface area contributed by atoms with Crippen LogP contribution in [0.1, 0.15) is 77.6 Å². The van der Waals surface area contributed by atoms with Crippen molar-refractivity contribution in [2.45, 2.75) is 95.1 Å². The monoisotopic (exact) mass is 385 g/mol. The summed E-state index contributed by atoms with van der Waals surface area (Å²) in [5, 5.41) is -0.282. The van der Waals surface area contributed by atoms with Gasteiger partial charge in [0.15, 0.2) is 0 Å². The zero-order valence-electron chi connectivity index (χ0n) is 16.4. The Kier molecular flexibility index (Phi) is 7.81. The molecule has 2 saturated carbocycles. The molecule has 1 saturated heterocycles. The molecule has 3 rings (SSSR count). The van der Waals surface area contributed by atoms with E-state index >= 15 is 0 Å². The van der Waals surface area contributed by atoms with Gasteiger partial charge in [0, 0.05) is 19.0 Å². The quantitative estimate of drug-likeness (QED) is 0.307. The number of carbonyl (C=O) groups excluding carboxylic acids is 1. The van der Waals surface area contributed by atoms with Crippen LogP contribution >= 0.6 is 11.6 Å². The Morgan fingerprint density at radius 1 is 1.08 bits per heavy atom. The van der Waals surface area contributed by atoms with E-state index in [0.29, 0.717) is 42.6 Å². The lowest BCUT2D eigenvalue weighted by atomic mass is 9.66. The molecular weight excluding hydrogens is 349 g/mol. The molecule has 1 heterocycles. The lowest BCUT2D eigenvalue weighted by Crippen LogP contribution is -2.40. The number of unbranched alkanes of at least 4 members (excludes halogenated alkanes) is 3. The molecule has 7 unspecified atom stereocenters. The molecule has 0 bridgehead atoms. The van der Waals surface area contributed by atoms with Crippen LogP contribution in [0.2, 0.25) is 0 Å². The highest BCUT2D eigenvalue weighted by molar-refractivity contribution is 6.21. The van der Waals surface area contributed by atoms with Gasteiger partial charge in [-0.3, -0.25) is 4.90 Å². The molecule has 3 fully saturated rings. The fraction of sp³-hybridized carbons (Fsp3) is 0.955. The molecule has 2 aliphatic carbocycles. The number of alkyl halides is 2. The molecule has 150 valence electrons. The normalized spacial score (nSPS) is 41.1. The van der Waals surface area contributed by atoms with Crippen LogP contribution in [-0.2, 0) is 4.79 Å². The number of fused-ring (bicyclic) bond motifs is 1. The van der Waals surface area contributed by atoms with Gasteiger partial charge in [0.1, 0.15) is 12.5 Å². The molecule has 0 aromatic rings. The summed E-state index contributed by atoms with van der Waals surface area (Å²) in [5.41, 5.74) is 0. The molecule has 3 aliphatic rings. The average Bonchev–Trinajstić information content (AvgIpc) is 2.98. The Labute approximate surface area is 164 Å². The molecule has 4 heteroatoms. The number of carbonyl (C=O) groups is 1. The van der Waals surface area contributed by atoms with Crippen LogP contribution in [0, 0.1) is 23.7 Å². The van der Waals surface area contributed by atoms with Crippen LogP contribution in [0.15, 0.2) is 0 Å². The van der Waals surface area contributed by atoms with Gasteiger partial charge in [-0.2, -0.15) is 0 Å². The molecule has 2 nitrogen and oxygen atoms in total. The standard InChI is InChI=1S/C22H37ClFNO/c1-2-3-4-5-11-25-15-18(10-12-26)19-13-16(7-9-22(19)25)17-6-8-21(24)20(23)14-17/h12,16-22H,2-11,13-15H2,1H3. The Morgan fingerprint density at radius 2 is 1.85 bits per heavy atom. The van der Waals surface area contributed by atoms with Crippen molar-refractivity contribution in [1.82, 2.24) is 4.90 Å². The largest absolute Gasteiger partial charge is 0.303 e. The molecule has 1 aliphatic heterocycles. The van der Waals surface area contributed by atoms with Crippen LogP contribution in [-0.4, -0.2) is 41.9 Å². The maximum absolute atomic E-state index is 13.7. The predicted molar refractivity (Wildman–Crippen MR) is 106 cm³/mol. The van der Waals surface area contributed by atoms with Gasteiger partial charge in [-0.05, 0) is 75.2 Å². The van der Waals surface area contributed by atoms with Crippen molar-refractivity contribution in [3.63, 3.8) is 0 Å². The average molecular weight is 386 g/mol. The highest BCUT2D eigenvalue weighted by Crippen LogP contribution is 2.48. The lowest BCUT2D eigenvalue weighted by molar-refractivity contribution is -0.108. The van der Waals surface area contributed by atoms with E-state index in [0.717, 1.165) is 25.7 Å². The van der Waals surface area contributed by atoms with Gasteiger partial charge < -0.3 is 4.79 Å². The minimum absolute atomic E-state index is 0.282. The first-order chi connectivity index (χ1) is 12.6. The minimum atomic E-state index is -0.808. The molecule has 0 radical (unpaired) electrons. The predicted octanol–water partition coefficient (Wildman–Crippen LogP) is 5.62. The van der Waals surface area contributed by atoms with Crippen molar-refractivity contribution >= 4 is 17.9 Å². The van der Waals surface area contributed by atoms with Crippen molar-refractivity contribution in [3.8, 4) is 0 Å². The summed E-state index contributed by atoms with van der Waals surface area (Å²) in [4.78, 5) is 13.9. The fourth-order valence-electron chi connectivity index (χ4n) is 6.09. The SMILES string of the molecule is CCCCCCN1CC(CC=O)C2CC(C3CCC(F)C(Cl)C3)CCC21. The van der Waals surface area contributed by atoms with Crippen LogP contribution in [0.5, 0.6) is 0 Å². The number of rotatable bonds is 8. The van der Waals surface area contributed by atoms with E-state index in [1.807, 2.05) is 0 Å². The molecule has 0 amide bonds. The summed E-state index contributed by atoms with van der Waals surface area (Å²) in [5.74, 6) is 2.50. The van der Waals surface area contributed by atoms with E-state index in [1.165, 1.54) is 51.5 Å². The summed E-state index contributed by atoms with van der Waals surface area (Å²) in [7, 11) is 0. The van der Waals surface area contributed by atoms with Crippen molar-refractivity contribution in [1.29, 1.82) is 0 Å². The molecular formula is C22H37ClFNO. The van der Waals surface area contributed by atoms with Crippen LogP contribution in [0.4, 0.5) is 4.39 Å². The summed E-state index contributed by atoms with van der Waals surface area (Å²) < 4.78 is 13.7. The Morgan fingerprint density at radius 3 is 2.58 bits per heavy atom. The van der Waals surface area contributed by atoms with E-state index in [4.69, 9.17) is 11.6 Å². The first-order valence-electron chi connectivity index (χ1n) is 11.1. The number of halogens is 2. The highest BCUT2D eigenvalue weighted by atomic mass is 35.5. The first-order valence-corrected chi connectivity index (χ1v) is 11.5. The maximum Gasteiger partial charge on any atom is 0.120 e. The van der Waals surface area contributed by atoms with Gasteiger partial charge in [0.25, 0.3) is 0 Å². The zero-order chi connectivity index (χ0) is 18.5. The van der Waals surface area contributed by atoms with Gasteiger partial charge in [-0.15, -0.1) is 11.6 Å². The van der Waals surface area contributed by atoms with Gasteiger partial charge >= 0.3 is 0 Å². The maximum atomic E-state index is 13.7. The molecule has 7 atom stereocenters. The van der Waals surface area contributed by atoms with Crippen LogP contribution in [0.3, 0.4) is 0 Å². The molecule has 0 spiro atoms. The topological polar surface area (TPSA) is 20.3 Å². The highest BCUT2D eigenvalue weighted by Gasteiger charge is 2.46. The van der Waals surface area contributed by atoms with Crippen molar-refractivity contribution in [3.05, 3.63) is 0 Å². The first kappa shape index (κ1) is 20.6. The molecule has 26 heavy (non-hydrogen) atoms. The third-order valence-electron chi connectivity index (χ3n) is 7.54. The van der Waals surface area contributed by atoms with Crippen LogP contribution < -0.4 is 0 Å². The number of hydrogen-bond acceptors (Lipinski definition) is 2. The fourth-order valence-corrected chi connectivity index (χ4v) is 6.45. The van der Waals surface area contributed by atoms with E-state index in [1.54, 1.807) is 0 Å². The third kappa shape index (κ3) is 4.82. The third-order valence-corrected chi connectivity index (χ3v) is 8.00. The smallest absolute Gasteiger partial charge is 0.120 e. The Balaban J connectivity index is 1.57. The number of likely N-dealkylation sites (tertiary alicyclic amines) is 1. The van der Waals surface area contributed by atoms with Crippen molar-refractivity contribution in [2.24, 2.45) is 23.7 Å². The van der Waals surface area contributed by atoms with Crippen molar-refractivity contribution in [2.75, 3.05) is 13.1 Å². The van der Waals surface area contributed by atoms with E-state index in [-0.39, 0.29) is 5.38 Å². The number of aldehydes is 1.